The monoisotopic (exact) mass is 202 g/mol. The predicted octanol–water partition coefficient (Wildman–Crippen LogP) is 1.79. The van der Waals surface area contributed by atoms with Crippen molar-refractivity contribution >= 4 is 17.4 Å². The quantitative estimate of drug-likeness (QED) is 0.580. The van der Waals surface area contributed by atoms with Gasteiger partial charge in [-0.1, -0.05) is 11.6 Å². The van der Waals surface area contributed by atoms with Crippen molar-refractivity contribution < 1.29 is 9.13 Å². The van der Waals surface area contributed by atoms with Crippen LogP contribution >= 0.6 is 11.6 Å². The second-order valence-electron chi connectivity index (χ2n) is 2.39. The summed E-state index contributed by atoms with van der Waals surface area (Å²) in [4.78, 5) is 0. The van der Waals surface area contributed by atoms with Crippen LogP contribution in [-0.2, 0) is 0 Å². The number of hydrogen-bond donors (Lipinski definition) is 2. The molecule has 0 bridgehead atoms. The summed E-state index contributed by atoms with van der Waals surface area (Å²) in [6.07, 6.45) is 0. The Morgan fingerprint density at radius 1 is 1.62 bits per heavy atom. The molecule has 5 heteroatoms. The molecule has 0 saturated carbocycles. The Morgan fingerprint density at radius 3 is 2.85 bits per heavy atom. The summed E-state index contributed by atoms with van der Waals surface area (Å²) < 4.78 is 17.8. The van der Waals surface area contributed by atoms with Crippen molar-refractivity contribution in [2.24, 2.45) is 5.73 Å². The van der Waals surface area contributed by atoms with Gasteiger partial charge in [0.15, 0.2) is 0 Å². The van der Waals surface area contributed by atoms with Crippen LogP contribution in [0.2, 0.25) is 5.02 Å². The predicted molar refractivity (Wildman–Crippen MR) is 48.8 cm³/mol. The van der Waals surface area contributed by atoms with E-state index < -0.39 is 5.82 Å². The highest BCUT2D eigenvalue weighted by Crippen LogP contribution is 2.19. The summed E-state index contributed by atoms with van der Waals surface area (Å²) in [5, 5.41) is 6.91. The van der Waals surface area contributed by atoms with E-state index in [1.165, 1.54) is 12.1 Å². The molecule has 0 aliphatic carbocycles. The second-order valence-corrected chi connectivity index (χ2v) is 2.80. The maximum Gasteiger partial charge on any atom is 0.145 e. The number of amidine groups is 1. The minimum Gasteiger partial charge on any atom is -0.486 e. The van der Waals surface area contributed by atoms with E-state index in [0.717, 1.165) is 6.07 Å². The van der Waals surface area contributed by atoms with E-state index in [4.69, 9.17) is 27.5 Å². The molecule has 0 fully saturated rings. The summed E-state index contributed by atoms with van der Waals surface area (Å²) >= 11 is 5.45. The van der Waals surface area contributed by atoms with Gasteiger partial charge >= 0.3 is 0 Å². The zero-order valence-corrected chi connectivity index (χ0v) is 7.44. The number of nitrogens with one attached hydrogen (secondary N) is 1. The van der Waals surface area contributed by atoms with Crippen LogP contribution in [0, 0.1) is 11.2 Å². The molecule has 3 nitrogen and oxygen atoms in total. The largest absolute Gasteiger partial charge is 0.486 e. The lowest BCUT2D eigenvalue weighted by molar-refractivity contribution is 0.372. The molecule has 1 rings (SSSR count). The van der Waals surface area contributed by atoms with Crippen molar-refractivity contribution in [2.45, 2.75) is 0 Å². The fourth-order valence-electron chi connectivity index (χ4n) is 0.728. The highest BCUT2D eigenvalue weighted by atomic mass is 35.5. The van der Waals surface area contributed by atoms with Crippen LogP contribution in [0.1, 0.15) is 0 Å². The Bertz CT molecular complexity index is 330. The van der Waals surface area contributed by atoms with Crippen molar-refractivity contribution in [2.75, 3.05) is 6.61 Å². The molecule has 0 aliphatic rings. The molecule has 0 aliphatic heterocycles. The Kier molecular flexibility index (Phi) is 3.08. The van der Waals surface area contributed by atoms with Gasteiger partial charge in [-0.25, -0.2) is 4.39 Å². The first-order valence-corrected chi connectivity index (χ1v) is 3.88. The topological polar surface area (TPSA) is 59.1 Å². The molecule has 1 aromatic carbocycles. The minimum absolute atomic E-state index is 0.0372. The van der Waals surface area contributed by atoms with Gasteiger partial charge in [0, 0.05) is 6.07 Å². The van der Waals surface area contributed by atoms with Gasteiger partial charge in [0.25, 0.3) is 0 Å². The lowest BCUT2D eigenvalue weighted by Crippen LogP contribution is -2.19. The van der Waals surface area contributed by atoms with Gasteiger partial charge in [0.1, 0.15) is 24.0 Å². The number of nitrogens with two attached hydrogens (primary N) is 1. The van der Waals surface area contributed by atoms with Crippen LogP contribution in [0.5, 0.6) is 5.75 Å². The first kappa shape index (κ1) is 9.80. The van der Waals surface area contributed by atoms with Crippen molar-refractivity contribution in [1.29, 1.82) is 5.41 Å². The number of halogens is 2. The van der Waals surface area contributed by atoms with E-state index in [2.05, 4.69) is 0 Å². The molecule has 0 amide bonds. The molecule has 0 saturated heterocycles. The normalized spacial score (nSPS) is 9.69. The van der Waals surface area contributed by atoms with Crippen LogP contribution in [0.3, 0.4) is 0 Å². The van der Waals surface area contributed by atoms with E-state index in [1.54, 1.807) is 0 Å². The number of benzene rings is 1. The molecule has 13 heavy (non-hydrogen) atoms. The standard InChI is InChI=1S/C8H8ClFN2O/c9-6-2-1-5(3-7(6)10)13-4-8(11)12/h1-3H,4H2,(H3,11,12). The number of rotatable bonds is 3. The zero-order chi connectivity index (χ0) is 9.84. The van der Waals surface area contributed by atoms with E-state index in [9.17, 15) is 4.39 Å². The van der Waals surface area contributed by atoms with Crippen LogP contribution in [0.15, 0.2) is 18.2 Å². The summed E-state index contributed by atoms with van der Waals surface area (Å²) in [6, 6.07) is 4.03. The first-order valence-electron chi connectivity index (χ1n) is 3.50. The van der Waals surface area contributed by atoms with Crippen LogP contribution < -0.4 is 10.5 Å². The first-order chi connectivity index (χ1) is 6.09. The lowest BCUT2D eigenvalue weighted by atomic mass is 10.3. The summed E-state index contributed by atoms with van der Waals surface area (Å²) in [5.74, 6) is -0.366. The van der Waals surface area contributed by atoms with E-state index in [1.807, 2.05) is 0 Å². The molecule has 3 N–H and O–H groups in total. The average Bonchev–Trinajstić information content (AvgIpc) is 2.07. The number of ether oxygens (including phenoxy) is 1. The van der Waals surface area contributed by atoms with Gasteiger partial charge in [-0.05, 0) is 12.1 Å². The molecule has 1 aromatic rings. The molecular weight excluding hydrogens is 195 g/mol. The van der Waals surface area contributed by atoms with Crippen LogP contribution in [0.25, 0.3) is 0 Å². The molecule has 0 heterocycles. The summed E-state index contributed by atoms with van der Waals surface area (Å²) in [5.41, 5.74) is 5.05. The fourth-order valence-corrected chi connectivity index (χ4v) is 0.845. The third kappa shape index (κ3) is 2.91. The van der Waals surface area contributed by atoms with Crippen molar-refractivity contribution in [3.05, 3.63) is 29.0 Å². The molecule has 0 aromatic heterocycles. The van der Waals surface area contributed by atoms with Crippen LogP contribution in [0.4, 0.5) is 4.39 Å². The van der Waals surface area contributed by atoms with Gasteiger partial charge in [0.05, 0.1) is 5.02 Å². The second kappa shape index (κ2) is 4.09. The highest BCUT2D eigenvalue weighted by Gasteiger charge is 2.01. The Balaban J connectivity index is 2.68. The molecule has 70 valence electrons. The molecule has 0 radical (unpaired) electrons. The Hall–Kier alpha value is -1.29. The molecule has 0 unspecified atom stereocenters. The minimum atomic E-state index is -0.553. The zero-order valence-electron chi connectivity index (χ0n) is 6.68. The van der Waals surface area contributed by atoms with Gasteiger partial charge in [-0.3, -0.25) is 5.41 Å². The highest BCUT2D eigenvalue weighted by molar-refractivity contribution is 6.30. The summed E-state index contributed by atoms with van der Waals surface area (Å²) in [7, 11) is 0. The molecular formula is C8H8ClFN2O. The van der Waals surface area contributed by atoms with Crippen molar-refractivity contribution in [3.63, 3.8) is 0 Å². The van der Waals surface area contributed by atoms with E-state index in [0.29, 0.717) is 5.75 Å². The average molecular weight is 203 g/mol. The van der Waals surface area contributed by atoms with Gasteiger partial charge in [0.2, 0.25) is 0 Å². The Morgan fingerprint density at radius 2 is 2.31 bits per heavy atom. The van der Waals surface area contributed by atoms with E-state index >= 15 is 0 Å². The Labute approximate surface area is 79.8 Å². The van der Waals surface area contributed by atoms with E-state index in [-0.39, 0.29) is 17.5 Å². The third-order valence-corrected chi connectivity index (χ3v) is 1.59. The van der Waals surface area contributed by atoms with Crippen LogP contribution in [-0.4, -0.2) is 12.4 Å². The number of hydrogen-bond acceptors (Lipinski definition) is 2. The SMILES string of the molecule is N=C(N)COc1ccc(Cl)c(F)c1. The van der Waals surface area contributed by atoms with Crippen molar-refractivity contribution in [3.8, 4) is 5.75 Å². The van der Waals surface area contributed by atoms with Gasteiger partial charge in [-0.15, -0.1) is 0 Å². The molecule has 0 spiro atoms. The fraction of sp³-hybridized carbons (Fsp3) is 0.125. The maximum absolute atomic E-state index is 12.8. The lowest BCUT2D eigenvalue weighted by Gasteiger charge is -2.04. The van der Waals surface area contributed by atoms with Crippen molar-refractivity contribution in [1.82, 2.24) is 0 Å². The van der Waals surface area contributed by atoms with Gasteiger partial charge in [-0.2, -0.15) is 0 Å². The summed E-state index contributed by atoms with van der Waals surface area (Å²) in [6.45, 7) is -0.0545. The third-order valence-electron chi connectivity index (χ3n) is 1.29. The molecule has 0 atom stereocenters. The smallest absolute Gasteiger partial charge is 0.145 e. The van der Waals surface area contributed by atoms with Gasteiger partial charge < -0.3 is 10.5 Å². The maximum atomic E-state index is 12.8.